The zero-order chi connectivity index (χ0) is 30.5. The number of aromatic nitrogens is 5. The van der Waals surface area contributed by atoms with Crippen molar-refractivity contribution in [3.8, 4) is 51.0 Å². The molecular weight excluding hydrogens is 562 g/mol. The predicted molar refractivity (Wildman–Crippen MR) is 188 cm³/mol. The molecule has 9 aromatic rings. The molecule has 216 valence electrons. The summed E-state index contributed by atoms with van der Waals surface area (Å²) in [5.41, 5.74) is 9.52. The Morgan fingerprint density at radius 3 is 1.72 bits per heavy atom. The molecule has 0 amide bonds. The summed E-state index contributed by atoms with van der Waals surface area (Å²) in [6.07, 6.45) is 2.17. The molecule has 9 rings (SSSR count). The zero-order valence-electron chi connectivity index (χ0n) is 24.8. The van der Waals surface area contributed by atoms with E-state index in [-0.39, 0.29) is 0 Å². The fraction of sp³-hybridized carbons (Fsp3) is 0. The molecule has 0 aliphatic heterocycles. The van der Waals surface area contributed by atoms with E-state index in [4.69, 9.17) is 15.0 Å². The molecule has 5 heteroatoms. The highest BCUT2D eigenvalue weighted by Gasteiger charge is 2.19. The van der Waals surface area contributed by atoms with Crippen LogP contribution in [0.3, 0.4) is 0 Å². The van der Waals surface area contributed by atoms with Crippen molar-refractivity contribution in [2.75, 3.05) is 0 Å². The number of hydrogen-bond acceptors (Lipinski definition) is 3. The fourth-order valence-electron chi connectivity index (χ4n) is 6.45. The van der Waals surface area contributed by atoms with E-state index in [0.29, 0.717) is 17.5 Å². The molecule has 0 saturated carbocycles. The van der Waals surface area contributed by atoms with E-state index in [9.17, 15) is 0 Å². The summed E-state index contributed by atoms with van der Waals surface area (Å²) >= 11 is 0. The van der Waals surface area contributed by atoms with Gasteiger partial charge in [-0.15, -0.1) is 0 Å². The maximum atomic E-state index is 5.01. The van der Waals surface area contributed by atoms with Gasteiger partial charge < -0.3 is 9.55 Å². The Balaban J connectivity index is 1.31. The number of H-pyrrole nitrogens is 1. The van der Waals surface area contributed by atoms with Crippen LogP contribution in [0.5, 0.6) is 0 Å². The molecule has 0 bridgehead atoms. The number of hydrogen-bond donors (Lipinski definition) is 1. The summed E-state index contributed by atoms with van der Waals surface area (Å²) in [5.74, 6) is 1.92. The molecular formula is C41H27N5. The first-order chi connectivity index (χ1) is 22.8. The van der Waals surface area contributed by atoms with Crippen molar-refractivity contribution >= 4 is 32.7 Å². The smallest absolute Gasteiger partial charge is 0.164 e. The molecule has 0 radical (unpaired) electrons. The summed E-state index contributed by atoms with van der Waals surface area (Å²) in [6, 6.07) is 52.3. The van der Waals surface area contributed by atoms with Gasteiger partial charge >= 0.3 is 0 Å². The average Bonchev–Trinajstić information content (AvgIpc) is 3.73. The number of nitrogens with zero attached hydrogens (tertiary/aromatic N) is 4. The highest BCUT2D eigenvalue weighted by Crippen LogP contribution is 2.41. The molecule has 3 heterocycles. The van der Waals surface area contributed by atoms with Crippen LogP contribution in [0.15, 0.2) is 158 Å². The van der Waals surface area contributed by atoms with Crippen LogP contribution in [0.4, 0.5) is 0 Å². The van der Waals surface area contributed by atoms with Crippen molar-refractivity contribution in [3.05, 3.63) is 158 Å². The van der Waals surface area contributed by atoms with Crippen LogP contribution in [0.1, 0.15) is 0 Å². The van der Waals surface area contributed by atoms with E-state index in [0.717, 1.165) is 50.1 Å². The van der Waals surface area contributed by atoms with E-state index in [1.807, 2.05) is 60.7 Å². The molecule has 0 aliphatic carbocycles. The van der Waals surface area contributed by atoms with Crippen molar-refractivity contribution in [2.24, 2.45) is 0 Å². The van der Waals surface area contributed by atoms with Crippen molar-refractivity contribution in [1.29, 1.82) is 0 Å². The number of aromatic amines is 1. The molecule has 0 spiro atoms. The lowest BCUT2D eigenvalue weighted by Gasteiger charge is -2.14. The molecule has 46 heavy (non-hydrogen) atoms. The molecule has 0 fully saturated rings. The monoisotopic (exact) mass is 589 g/mol. The minimum Gasteiger partial charge on any atom is -0.354 e. The first-order valence-corrected chi connectivity index (χ1v) is 15.4. The van der Waals surface area contributed by atoms with Gasteiger partial charge in [-0.2, -0.15) is 0 Å². The van der Waals surface area contributed by atoms with Crippen molar-refractivity contribution in [3.63, 3.8) is 0 Å². The van der Waals surface area contributed by atoms with Gasteiger partial charge in [-0.05, 0) is 42.0 Å². The summed E-state index contributed by atoms with van der Waals surface area (Å²) in [5, 5.41) is 3.59. The van der Waals surface area contributed by atoms with Crippen molar-refractivity contribution in [1.82, 2.24) is 24.5 Å². The first-order valence-electron chi connectivity index (χ1n) is 15.4. The number of nitrogens with one attached hydrogen (secondary N) is 1. The second-order valence-electron chi connectivity index (χ2n) is 11.4. The normalized spacial score (nSPS) is 11.5. The highest BCUT2D eigenvalue weighted by molar-refractivity contribution is 6.19. The second kappa shape index (κ2) is 10.7. The van der Waals surface area contributed by atoms with E-state index < -0.39 is 0 Å². The standard InChI is InChI=1S/C41H27N5/c1-4-13-27(14-5-1)39-43-40(28-15-6-2-7-16-28)45-41(44-39)31-18-12-17-29(25-31)36-37-34(33-21-10-11-22-35(33)42-37)26-30-23-24-46(38(30)36)32-19-8-3-9-20-32/h1-26,42H. The van der Waals surface area contributed by atoms with Crippen LogP contribution in [0.25, 0.3) is 83.7 Å². The number of fused-ring (bicyclic) bond motifs is 4. The van der Waals surface area contributed by atoms with Gasteiger partial charge in [-0.25, -0.2) is 15.0 Å². The minimum atomic E-state index is 0.632. The molecule has 0 aliphatic rings. The third kappa shape index (κ3) is 4.37. The van der Waals surface area contributed by atoms with Crippen molar-refractivity contribution in [2.45, 2.75) is 0 Å². The fourth-order valence-corrected chi connectivity index (χ4v) is 6.45. The maximum Gasteiger partial charge on any atom is 0.164 e. The van der Waals surface area contributed by atoms with E-state index >= 15 is 0 Å². The van der Waals surface area contributed by atoms with E-state index in [1.165, 1.54) is 16.2 Å². The van der Waals surface area contributed by atoms with Gasteiger partial charge in [-0.3, -0.25) is 0 Å². The number of para-hydroxylation sites is 2. The van der Waals surface area contributed by atoms with Gasteiger partial charge in [0.1, 0.15) is 0 Å². The molecule has 0 atom stereocenters. The quantitative estimate of drug-likeness (QED) is 0.217. The van der Waals surface area contributed by atoms with Crippen LogP contribution in [-0.4, -0.2) is 24.5 Å². The predicted octanol–water partition coefficient (Wildman–Crippen LogP) is 10.1. The van der Waals surface area contributed by atoms with Gasteiger partial charge in [0, 0.05) is 55.8 Å². The van der Waals surface area contributed by atoms with Gasteiger partial charge in [-0.1, -0.05) is 115 Å². The summed E-state index contributed by atoms with van der Waals surface area (Å²) < 4.78 is 2.28. The van der Waals surface area contributed by atoms with Gasteiger partial charge in [0.2, 0.25) is 0 Å². The Hall–Kier alpha value is -6.33. The number of benzene rings is 6. The van der Waals surface area contributed by atoms with Gasteiger partial charge in [0.15, 0.2) is 17.5 Å². The molecule has 0 unspecified atom stereocenters. The number of rotatable bonds is 5. The molecule has 0 saturated heterocycles. The van der Waals surface area contributed by atoms with E-state index in [1.54, 1.807) is 0 Å². The van der Waals surface area contributed by atoms with E-state index in [2.05, 4.69) is 107 Å². The SMILES string of the molecule is c1ccc(-c2nc(-c3ccccc3)nc(-c3cccc(-c4c5[nH]c6ccccc6c5cc5ccn(-c6ccccc6)c45)c3)n2)cc1. The van der Waals surface area contributed by atoms with Gasteiger partial charge in [0.25, 0.3) is 0 Å². The Morgan fingerprint density at radius 2 is 1.02 bits per heavy atom. The van der Waals surface area contributed by atoms with Crippen molar-refractivity contribution < 1.29 is 0 Å². The Morgan fingerprint density at radius 1 is 0.457 bits per heavy atom. The third-order valence-corrected chi connectivity index (χ3v) is 8.59. The Labute approximate surface area is 265 Å². The average molecular weight is 590 g/mol. The Kier molecular flexibility index (Phi) is 6.06. The summed E-state index contributed by atoms with van der Waals surface area (Å²) in [6.45, 7) is 0. The van der Waals surface area contributed by atoms with Crippen LogP contribution in [0, 0.1) is 0 Å². The lowest BCUT2D eigenvalue weighted by molar-refractivity contribution is 1.07. The molecule has 6 aromatic carbocycles. The zero-order valence-corrected chi connectivity index (χ0v) is 24.8. The summed E-state index contributed by atoms with van der Waals surface area (Å²) in [4.78, 5) is 18.7. The van der Waals surface area contributed by atoms with Crippen LogP contribution in [-0.2, 0) is 0 Å². The lowest BCUT2D eigenvalue weighted by atomic mass is 9.97. The maximum absolute atomic E-state index is 5.01. The van der Waals surface area contributed by atoms with Gasteiger partial charge in [0.05, 0.1) is 11.0 Å². The topological polar surface area (TPSA) is 59.4 Å². The first kappa shape index (κ1) is 26.1. The third-order valence-electron chi connectivity index (χ3n) is 8.59. The second-order valence-corrected chi connectivity index (χ2v) is 11.4. The summed E-state index contributed by atoms with van der Waals surface area (Å²) in [7, 11) is 0. The largest absolute Gasteiger partial charge is 0.354 e. The van der Waals surface area contributed by atoms with Crippen LogP contribution in [0.2, 0.25) is 0 Å². The van der Waals surface area contributed by atoms with Crippen LogP contribution < -0.4 is 0 Å². The van der Waals surface area contributed by atoms with Crippen LogP contribution >= 0.6 is 0 Å². The molecule has 3 aromatic heterocycles. The molecule has 1 N–H and O–H groups in total. The minimum absolute atomic E-state index is 0.632. The Bertz CT molecular complexity index is 2460. The lowest BCUT2D eigenvalue weighted by Crippen LogP contribution is -2.00. The highest BCUT2D eigenvalue weighted by atomic mass is 15.0. The molecule has 5 nitrogen and oxygen atoms in total.